The topological polar surface area (TPSA) is 42.0 Å². The van der Waals surface area contributed by atoms with E-state index in [-0.39, 0.29) is 10.8 Å². The van der Waals surface area contributed by atoms with Gasteiger partial charge in [-0.05, 0) is 34.1 Å². The zero-order valence-electron chi connectivity index (χ0n) is 9.55. The van der Waals surface area contributed by atoms with Crippen molar-refractivity contribution < 1.29 is 18.0 Å². The van der Waals surface area contributed by atoms with E-state index < -0.39 is 28.9 Å². The van der Waals surface area contributed by atoms with E-state index in [1.165, 1.54) is 12.3 Å². The van der Waals surface area contributed by atoms with Gasteiger partial charge in [0.05, 0.1) is 11.3 Å². The van der Waals surface area contributed by atoms with Gasteiger partial charge in [0, 0.05) is 10.7 Å². The summed E-state index contributed by atoms with van der Waals surface area (Å²) in [6, 6.07) is 2.93. The minimum absolute atomic E-state index is 0.0236. The summed E-state index contributed by atoms with van der Waals surface area (Å²) in [5.74, 6) is -5.62. The fraction of sp³-hybridized carbons (Fsp3) is 0. The zero-order chi connectivity index (χ0) is 14.9. The van der Waals surface area contributed by atoms with E-state index in [1.807, 2.05) is 0 Å². The molecule has 0 saturated carbocycles. The van der Waals surface area contributed by atoms with E-state index in [4.69, 9.17) is 11.6 Å². The summed E-state index contributed by atoms with van der Waals surface area (Å²) in [6.07, 6.45) is 1.40. The van der Waals surface area contributed by atoms with Crippen LogP contribution in [0.4, 0.5) is 18.9 Å². The number of hydrogen-bond acceptors (Lipinski definition) is 2. The fourth-order valence-electron chi connectivity index (χ4n) is 1.40. The minimum atomic E-state index is -1.71. The van der Waals surface area contributed by atoms with Gasteiger partial charge in [-0.2, -0.15) is 0 Å². The lowest BCUT2D eigenvalue weighted by Gasteiger charge is -2.08. The Balaban J connectivity index is 2.33. The number of carbonyl (C=O) groups is 1. The van der Waals surface area contributed by atoms with Crippen LogP contribution in [0.2, 0.25) is 5.15 Å². The van der Waals surface area contributed by atoms with Crippen LogP contribution in [0.15, 0.2) is 28.9 Å². The number of hydrogen-bond donors (Lipinski definition) is 1. The first-order chi connectivity index (χ1) is 9.40. The van der Waals surface area contributed by atoms with Crippen LogP contribution >= 0.6 is 27.5 Å². The molecule has 0 bridgehead atoms. The van der Waals surface area contributed by atoms with Gasteiger partial charge in [-0.25, -0.2) is 18.2 Å². The highest BCUT2D eigenvalue weighted by atomic mass is 79.9. The summed E-state index contributed by atoms with van der Waals surface area (Å²) in [7, 11) is 0. The molecule has 0 atom stereocenters. The number of benzene rings is 1. The summed E-state index contributed by atoms with van der Waals surface area (Å²) < 4.78 is 39.8. The van der Waals surface area contributed by atoms with Gasteiger partial charge in [0.25, 0.3) is 5.91 Å². The van der Waals surface area contributed by atoms with Gasteiger partial charge in [0.1, 0.15) is 0 Å². The Hall–Kier alpha value is -1.60. The van der Waals surface area contributed by atoms with Gasteiger partial charge in [-0.15, -0.1) is 0 Å². The third-order valence-corrected chi connectivity index (χ3v) is 3.07. The molecule has 0 unspecified atom stereocenters. The highest BCUT2D eigenvalue weighted by Crippen LogP contribution is 2.24. The number of halogens is 5. The number of rotatable bonds is 2. The zero-order valence-corrected chi connectivity index (χ0v) is 11.9. The highest BCUT2D eigenvalue weighted by molar-refractivity contribution is 9.10. The van der Waals surface area contributed by atoms with Crippen molar-refractivity contribution in [1.29, 1.82) is 0 Å². The number of anilines is 1. The van der Waals surface area contributed by atoms with Crippen LogP contribution in [0.1, 0.15) is 10.4 Å². The molecule has 0 radical (unpaired) electrons. The Labute approximate surface area is 124 Å². The summed E-state index contributed by atoms with van der Waals surface area (Å²) in [5, 5.41) is 2.24. The highest BCUT2D eigenvalue weighted by Gasteiger charge is 2.19. The van der Waals surface area contributed by atoms with Crippen LogP contribution < -0.4 is 5.32 Å². The van der Waals surface area contributed by atoms with E-state index >= 15 is 0 Å². The molecule has 2 rings (SSSR count). The second-order valence-electron chi connectivity index (χ2n) is 3.67. The van der Waals surface area contributed by atoms with E-state index in [2.05, 4.69) is 26.2 Å². The standard InChI is InChI=1S/C12H5BrClF3N2O/c13-5-3-8(11(14)18-4-5)19-12(20)6-1-2-7(15)10(17)9(6)16/h1-4H,(H,19,20). The van der Waals surface area contributed by atoms with Gasteiger partial charge in [0.15, 0.2) is 22.6 Å². The molecule has 20 heavy (non-hydrogen) atoms. The van der Waals surface area contributed by atoms with E-state index in [9.17, 15) is 18.0 Å². The summed E-state index contributed by atoms with van der Waals surface area (Å²) in [4.78, 5) is 15.6. The Kier molecular flexibility index (Phi) is 4.29. The second kappa shape index (κ2) is 5.80. The number of pyridine rings is 1. The number of nitrogens with one attached hydrogen (secondary N) is 1. The first-order valence-electron chi connectivity index (χ1n) is 5.16. The molecular weight excluding hydrogens is 360 g/mol. The molecule has 0 aliphatic carbocycles. The monoisotopic (exact) mass is 364 g/mol. The van der Waals surface area contributed by atoms with Crippen LogP contribution in [-0.4, -0.2) is 10.9 Å². The van der Waals surface area contributed by atoms with Crippen molar-refractivity contribution in [1.82, 2.24) is 4.98 Å². The molecule has 1 heterocycles. The molecule has 104 valence electrons. The first kappa shape index (κ1) is 14.8. The average Bonchev–Trinajstić information content (AvgIpc) is 2.40. The van der Waals surface area contributed by atoms with Crippen molar-refractivity contribution in [3.63, 3.8) is 0 Å². The predicted octanol–water partition coefficient (Wildman–Crippen LogP) is 4.17. The van der Waals surface area contributed by atoms with Gasteiger partial charge >= 0.3 is 0 Å². The number of carbonyl (C=O) groups excluding carboxylic acids is 1. The van der Waals surface area contributed by atoms with Crippen LogP contribution in [0.3, 0.4) is 0 Å². The predicted molar refractivity (Wildman–Crippen MR) is 71.2 cm³/mol. The van der Waals surface area contributed by atoms with Gasteiger partial charge in [-0.1, -0.05) is 11.6 Å². The molecule has 2 aromatic rings. The Morgan fingerprint density at radius 2 is 1.95 bits per heavy atom. The van der Waals surface area contributed by atoms with E-state index in [0.29, 0.717) is 10.5 Å². The van der Waals surface area contributed by atoms with E-state index in [0.717, 1.165) is 6.07 Å². The molecule has 3 nitrogen and oxygen atoms in total. The first-order valence-corrected chi connectivity index (χ1v) is 6.33. The number of aromatic nitrogens is 1. The van der Waals surface area contributed by atoms with Gasteiger partial charge in [-0.3, -0.25) is 4.79 Å². The molecule has 0 spiro atoms. The molecule has 1 aromatic heterocycles. The van der Waals surface area contributed by atoms with Gasteiger partial charge in [0.2, 0.25) is 0 Å². The van der Waals surface area contributed by atoms with Crippen LogP contribution in [0.5, 0.6) is 0 Å². The third kappa shape index (κ3) is 2.94. The normalized spacial score (nSPS) is 10.4. The number of amides is 1. The van der Waals surface area contributed by atoms with Crippen molar-refractivity contribution in [3.05, 3.63) is 57.0 Å². The van der Waals surface area contributed by atoms with Crippen molar-refractivity contribution in [3.8, 4) is 0 Å². The molecule has 1 amide bonds. The molecule has 0 saturated heterocycles. The lowest BCUT2D eigenvalue weighted by atomic mass is 10.2. The Morgan fingerprint density at radius 3 is 2.65 bits per heavy atom. The molecule has 1 N–H and O–H groups in total. The van der Waals surface area contributed by atoms with Crippen molar-refractivity contribution in [2.45, 2.75) is 0 Å². The molecule has 0 fully saturated rings. The van der Waals surface area contributed by atoms with E-state index in [1.54, 1.807) is 0 Å². The maximum absolute atomic E-state index is 13.5. The second-order valence-corrected chi connectivity index (χ2v) is 4.94. The van der Waals surface area contributed by atoms with Gasteiger partial charge < -0.3 is 5.32 Å². The quantitative estimate of drug-likeness (QED) is 0.641. The number of nitrogens with zero attached hydrogens (tertiary/aromatic N) is 1. The summed E-state index contributed by atoms with van der Waals surface area (Å²) >= 11 is 8.87. The minimum Gasteiger partial charge on any atom is -0.319 e. The van der Waals surface area contributed by atoms with Crippen molar-refractivity contribution >= 4 is 39.1 Å². The van der Waals surface area contributed by atoms with Crippen molar-refractivity contribution in [2.75, 3.05) is 5.32 Å². The average molecular weight is 366 g/mol. The maximum atomic E-state index is 13.5. The third-order valence-electron chi connectivity index (χ3n) is 2.33. The summed E-state index contributed by atoms with van der Waals surface area (Å²) in [5.41, 5.74) is -0.532. The lowest BCUT2D eigenvalue weighted by Crippen LogP contribution is -2.15. The van der Waals surface area contributed by atoms with Crippen LogP contribution in [0, 0.1) is 17.5 Å². The molecule has 8 heteroatoms. The maximum Gasteiger partial charge on any atom is 0.258 e. The lowest BCUT2D eigenvalue weighted by molar-refractivity contribution is 0.102. The Morgan fingerprint density at radius 1 is 1.25 bits per heavy atom. The van der Waals surface area contributed by atoms with Crippen molar-refractivity contribution in [2.24, 2.45) is 0 Å². The molecule has 1 aromatic carbocycles. The fourth-order valence-corrected chi connectivity index (χ4v) is 1.88. The molecule has 0 aliphatic heterocycles. The molecule has 0 aliphatic rings. The summed E-state index contributed by atoms with van der Waals surface area (Å²) in [6.45, 7) is 0. The SMILES string of the molecule is O=C(Nc1cc(Br)cnc1Cl)c1ccc(F)c(F)c1F. The largest absolute Gasteiger partial charge is 0.319 e. The van der Waals surface area contributed by atoms with Crippen LogP contribution in [0.25, 0.3) is 0 Å². The molecular formula is C12H5BrClF3N2O. The van der Waals surface area contributed by atoms with Crippen LogP contribution in [-0.2, 0) is 0 Å². The Bertz CT molecular complexity index is 697. The smallest absolute Gasteiger partial charge is 0.258 e.